The van der Waals surface area contributed by atoms with Crippen molar-refractivity contribution in [2.24, 2.45) is 5.92 Å². The molecule has 2 aliphatic rings. The molecule has 3 unspecified atom stereocenters. The molecule has 1 heterocycles. The molecule has 0 saturated heterocycles. The highest BCUT2D eigenvalue weighted by Gasteiger charge is 2.40. The van der Waals surface area contributed by atoms with Crippen molar-refractivity contribution in [3.63, 3.8) is 0 Å². The quantitative estimate of drug-likeness (QED) is 0.474. The summed E-state index contributed by atoms with van der Waals surface area (Å²) in [4.78, 5) is 0. The Morgan fingerprint density at radius 1 is 0.889 bits per heavy atom. The van der Waals surface area contributed by atoms with Gasteiger partial charge in [0, 0.05) is 11.6 Å². The normalized spacial score (nSPS) is 23.7. The van der Waals surface area contributed by atoms with E-state index in [0.29, 0.717) is 0 Å². The van der Waals surface area contributed by atoms with E-state index < -0.39 is 11.7 Å². The van der Waals surface area contributed by atoms with Crippen LogP contribution in [0.15, 0.2) is 72.8 Å². The van der Waals surface area contributed by atoms with Gasteiger partial charge >= 0.3 is 6.18 Å². The zero-order valence-electron chi connectivity index (χ0n) is 14.5. The van der Waals surface area contributed by atoms with Gasteiger partial charge in [0.15, 0.2) is 0 Å². The zero-order valence-corrected chi connectivity index (χ0v) is 14.5. The van der Waals surface area contributed by atoms with E-state index in [0.717, 1.165) is 17.7 Å². The molecule has 4 heteroatoms. The van der Waals surface area contributed by atoms with E-state index in [4.69, 9.17) is 0 Å². The van der Waals surface area contributed by atoms with E-state index in [-0.39, 0.29) is 17.9 Å². The van der Waals surface area contributed by atoms with Crippen LogP contribution in [-0.2, 0) is 6.18 Å². The van der Waals surface area contributed by atoms with Gasteiger partial charge in [0.05, 0.1) is 11.6 Å². The van der Waals surface area contributed by atoms with Crippen molar-refractivity contribution in [1.82, 2.24) is 0 Å². The van der Waals surface area contributed by atoms with Gasteiger partial charge in [-0.3, -0.25) is 0 Å². The summed E-state index contributed by atoms with van der Waals surface area (Å²) >= 11 is 0. The predicted octanol–water partition coefficient (Wildman–Crippen LogP) is 6.69. The van der Waals surface area contributed by atoms with E-state index >= 15 is 0 Å². The van der Waals surface area contributed by atoms with Crippen molar-refractivity contribution in [3.05, 3.63) is 89.5 Å². The van der Waals surface area contributed by atoms with Crippen LogP contribution in [0.4, 0.5) is 18.9 Å². The number of fused-ring (bicyclic) bond motifs is 4. The molecule has 136 valence electrons. The number of allylic oxidation sites excluding steroid dienone is 2. The Morgan fingerprint density at radius 3 is 2.56 bits per heavy atom. The molecular formula is C23H18F3N. The maximum atomic E-state index is 13.2. The fourth-order valence-electron chi connectivity index (χ4n) is 4.60. The second-order valence-electron chi connectivity index (χ2n) is 7.34. The second kappa shape index (κ2) is 5.88. The lowest BCUT2D eigenvalue weighted by Crippen LogP contribution is -2.29. The minimum Gasteiger partial charge on any atom is -0.378 e. The lowest BCUT2D eigenvalue weighted by atomic mass is 9.76. The van der Waals surface area contributed by atoms with E-state index in [9.17, 15) is 13.2 Å². The van der Waals surface area contributed by atoms with Crippen molar-refractivity contribution in [2.45, 2.75) is 24.6 Å². The van der Waals surface area contributed by atoms with Crippen molar-refractivity contribution in [1.29, 1.82) is 0 Å². The van der Waals surface area contributed by atoms with E-state index in [1.54, 1.807) is 6.07 Å². The minimum absolute atomic E-state index is 0.00696. The molecule has 0 spiro atoms. The van der Waals surface area contributed by atoms with E-state index in [1.165, 1.54) is 28.5 Å². The van der Waals surface area contributed by atoms with E-state index in [2.05, 4.69) is 47.8 Å². The third kappa shape index (κ3) is 2.62. The Morgan fingerprint density at radius 2 is 1.70 bits per heavy atom. The lowest BCUT2D eigenvalue weighted by molar-refractivity contribution is -0.137. The molecule has 0 amide bonds. The summed E-state index contributed by atoms with van der Waals surface area (Å²) in [5, 5.41) is 5.92. The molecule has 1 aliphatic carbocycles. The Bertz CT molecular complexity index is 1050. The summed E-state index contributed by atoms with van der Waals surface area (Å²) in [7, 11) is 0. The average Bonchev–Trinajstić information content (AvgIpc) is 3.16. The highest BCUT2D eigenvalue weighted by atomic mass is 19.4. The van der Waals surface area contributed by atoms with Crippen molar-refractivity contribution in [2.75, 3.05) is 5.32 Å². The molecule has 0 fully saturated rings. The van der Waals surface area contributed by atoms with Crippen LogP contribution in [0.2, 0.25) is 0 Å². The van der Waals surface area contributed by atoms with Gasteiger partial charge in [0.25, 0.3) is 0 Å². The Kier molecular flexibility index (Phi) is 3.58. The number of alkyl halides is 3. The van der Waals surface area contributed by atoms with Crippen LogP contribution in [0.5, 0.6) is 0 Å². The van der Waals surface area contributed by atoms with Crippen LogP contribution in [-0.4, -0.2) is 0 Å². The first-order chi connectivity index (χ1) is 13.0. The fraction of sp³-hybridized carbons (Fsp3) is 0.217. The highest BCUT2D eigenvalue weighted by Crippen LogP contribution is 2.51. The van der Waals surface area contributed by atoms with Gasteiger partial charge in [-0.2, -0.15) is 13.2 Å². The molecule has 5 rings (SSSR count). The minimum atomic E-state index is -4.32. The first-order valence-electron chi connectivity index (χ1n) is 9.14. The van der Waals surface area contributed by atoms with Crippen LogP contribution < -0.4 is 5.32 Å². The first-order valence-corrected chi connectivity index (χ1v) is 9.14. The number of nitrogens with one attached hydrogen (secondary N) is 1. The van der Waals surface area contributed by atoms with Gasteiger partial charge in [0.2, 0.25) is 0 Å². The average molecular weight is 365 g/mol. The Balaban J connectivity index is 1.63. The third-order valence-corrected chi connectivity index (χ3v) is 5.85. The molecule has 0 radical (unpaired) electrons. The Labute approximate surface area is 155 Å². The molecule has 1 nitrogen and oxygen atoms in total. The van der Waals surface area contributed by atoms with Gasteiger partial charge < -0.3 is 5.32 Å². The van der Waals surface area contributed by atoms with Gasteiger partial charge in [-0.05, 0) is 52.4 Å². The van der Waals surface area contributed by atoms with Gasteiger partial charge in [-0.1, -0.05) is 54.6 Å². The molecule has 3 atom stereocenters. The molecule has 0 bridgehead atoms. The first kappa shape index (κ1) is 16.4. The molecule has 3 aromatic carbocycles. The largest absolute Gasteiger partial charge is 0.416 e. The van der Waals surface area contributed by atoms with Gasteiger partial charge in [-0.15, -0.1) is 0 Å². The molecule has 3 aromatic rings. The molecule has 27 heavy (non-hydrogen) atoms. The second-order valence-corrected chi connectivity index (χ2v) is 7.34. The fourth-order valence-corrected chi connectivity index (χ4v) is 4.60. The van der Waals surface area contributed by atoms with Crippen molar-refractivity contribution < 1.29 is 13.2 Å². The molecule has 0 aromatic heterocycles. The smallest absolute Gasteiger partial charge is 0.378 e. The highest BCUT2D eigenvalue weighted by molar-refractivity contribution is 5.86. The monoisotopic (exact) mass is 365 g/mol. The number of anilines is 1. The van der Waals surface area contributed by atoms with Crippen molar-refractivity contribution >= 4 is 16.5 Å². The molecule has 0 saturated carbocycles. The summed E-state index contributed by atoms with van der Waals surface area (Å²) in [5.41, 5.74) is 2.18. The predicted molar refractivity (Wildman–Crippen MR) is 102 cm³/mol. The Hall–Kier alpha value is -2.75. The maximum Gasteiger partial charge on any atom is 0.416 e. The zero-order chi connectivity index (χ0) is 18.6. The van der Waals surface area contributed by atoms with Crippen molar-refractivity contribution in [3.8, 4) is 0 Å². The maximum absolute atomic E-state index is 13.2. The number of rotatable bonds is 1. The summed E-state index contributed by atoms with van der Waals surface area (Å²) in [6, 6.07) is 18.7. The summed E-state index contributed by atoms with van der Waals surface area (Å²) in [5.74, 6) is 0.222. The molecule has 1 N–H and O–H groups in total. The topological polar surface area (TPSA) is 12.0 Å². The van der Waals surface area contributed by atoms with Gasteiger partial charge in [0.1, 0.15) is 0 Å². The van der Waals surface area contributed by atoms with Gasteiger partial charge in [-0.25, -0.2) is 0 Å². The standard InChI is InChI=1S/C23H18F3N/c24-23(25,26)15-11-12-21-20(13-15)17-8-4-10-19(17)22(27-21)18-9-3-6-14-5-1-2-7-16(14)18/h1-9,11-13,17,19,22,27H,10H2. The number of halogens is 3. The number of benzene rings is 3. The van der Waals surface area contributed by atoms with Crippen LogP contribution >= 0.6 is 0 Å². The summed E-state index contributed by atoms with van der Waals surface area (Å²) in [6.07, 6.45) is 0.716. The third-order valence-electron chi connectivity index (χ3n) is 5.85. The van der Waals surface area contributed by atoms with Crippen LogP contribution in [0.1, 0.15) is 35.1 Å². The SMILES string of the molecule is FC(F)(F)c1ccc2c(c1)C1C=CCC1C(c1cccc3ccccc13)N2. The molecular weight excluding hydrogens is 347 g/mol. The number of hydrogen-bond donors (Lipinski definition) is 1. The summed E-state index contributed by atoms with van der Waals surface area (Å²) in [6.45, 7) is 0. The summed E-state index contributed by atoms with van der Waals surface area (Å²) < 4.78 is 39.5. The van der Waals surface area contributed by atoms with Crippen LogP contribution in [0.3, 0.4) is 0 Å². The lowest BCUT2D eigenvalue weighted by Gasteiger charge is -2.38. The van der Waals surface area contributed by atoms with Crippen LogP contribution in [0, 0.1) is 5.92 Å². The number of hydrogen-bond acceptors (Lipinski definition) is 1. The van der Waals surface area contributed by atoms with Crippen LogP contribution in [0.25, 0.3) is 10.8 Å². The van der Waals surface area contributed by atoms with E-state index in [1.807, 2.05) is 12.1 Å². The molecule has 1 aliphatic heterocycles.